The molecular formula is C19H25NO. The second-order valence-electron chi connectivity index (χ2n) is 5.30. The van der Waals surface area contributed by atoms with Crippen LogP contribution in [-0.4, -0.2) is 13.7 Å². The van der Waals surface area contributed by atoms with Crippen molar-refractivity contribution in [3.05, 3.63) is 65.7 Å². The molecule has 0 aliphatic heterocycles. The van der Waals surface area contributed by atoms with Crippen LogP contribution in [0.5, 0.6) is 5.75 Å². The molecule has 2 heteroatoms. The molecule has 0 radical (unpaired) electrons. The summed E-state index contributed by atoms with van der Waals surface area (Å²) in [6.45, 7) is 2.98. The molecule has 2 aromatic carbocycles. The molecule has 0 aromatic heterocycles. The first-order valence-corrected chi connectivity index (χ1v) is 7.77. The lowest BCUT2D eigenvalue weighted by molar-refractivity contribution is 0.309. The van der Waals surface area contributed by atoms with Crippen LogP contribution in [0.3, 0.4) is 0 Å². The number of nitrogens with one attached hydrogen (secondary N) is 1. The van der Waals surface area contributed by atoms with Crippen LogP contribution in [0.4, 0.5) is 0 Å². The van der Waals surface area contributed by atoms with Gasteiger partial charge in [-0.1, -0.05) is 55.8 Å². The summed E-state index contributed by atoms with van der Waals surface area (Å²) in [5.41, 5.74) is 2.64. The van der Waals surface area contributed by atoms with Gasteiger partial charge in [-0.3, -0.25) is 0 Å². The fourth-order valence-electron chi connectivity index (χ4n) is 2.37. The molecule has 2 nitrogen and oxygen atoms in total. The van der Waals surface area contributed by atoms with Gasteiger partial charge >= 0.3 is 0 Å². The van der Waals surface area contributed by atoms with Crippen LogP contribution >= 0.6 is 0 Å². The summed E-state index contributed by atoms with van der Waals surface area (Å²) in [6, 6.07) is 19.4. The SMILES string of the molecule is CCCCOc1ccc(C(Cc2ccccc2)NC)cc1. The molecule has 0 amide bonds. The minimum absolute atomic E-state index is 0.331. The molecule has 2 rings (SSSR count). The van der Waals surface area contributed by atoms with Crippen molar-refractivity contribution in [2.45, 2.75) is 32.2 Å². The van der Waals surface area contributed by atoms with Crippen LogP contribution < -0.4 is 10.1 Å². The number of hydrogen-bond donors (Lipinski definition) is 1. The van der Waals surface area contributed by atoms with E-state index in [0.29, 0.717) is 6.04 Å². The smallest absolute Gasteiger partial charge is 0.119 e. The average Bonchev–Trinajstić information content (AvgIpc) is 2.55. The quantitative estimate of drug-likeness (QED) is 0.726. The number of hydrogen-bond acceptors (Lipinski definition) is 2. The predicted molar refractivity (Wildman–Crippen MR) is 88.8 cm³/mol. The van der Waals surface area contributed by atoms with E-state index in [1.165, 1.54) is 11.1 Å². The molecule has 0 aliphatic carbocycles. The normalized spacial score (nSPS) is 12.1. The Morgan fingerprint density at radius 2 is 1.71 bits per heavy atom. The van der Waals surface area contributed by atoms with E-state index in [0.717, 1.165) is 31.6 Å². The van der Waals surface area contributed by atoms with E-state index in [9.17, 15) is 0 Å². The van der Waals surface area contributed by atoms with E-state index in [1.54, 1.807) is 0 Å². The van der Waals surface area contributed by atoms with Crippen LogP contribution in [-0.2, 0) is 6.42 Å². The maximum Gasteiger partial charge on any atom is 0.119 e. The third-order valence-electron chi connectivity index (χ3n) is 3.68. The van der Waals surface area contributed by atoms with Crippen molar-refractivity contribution in [2.24, 2.45) is 0 Å². The van der Waals surface area contributed by atoms with E-state index in [1.807, 2.05) is 7.05 Å². The molecule has 0 aliphatic rings. The molecule has 1 atom stereocenters. The monoisotopic (exact) mass is 283 g/mol. The Kier molecular flexibility index (Phi) is 6.29. The van der Waals surface area contributed by atoms with Crippen LogP contribution in [0.15, 0.2) is 54.6 Å². The third-order valence-corrected chi connectivity index (χ3v) is 3.68. The molecule has 112 valence electrons. The minimum atomic E-state index is 0.331. The number of benzene rings is 2. The maximum absolute atomic E-state index is 5.71. The third kappa shape index (κ3) is 4.91. The predicted octanol–water partition coefficient (Wildman–Crippen LogP) is 4.37. The highest BCUT2D eigenvalue weighted by atomic mass is 16.5. The van der Waals surface area contributed by atoms with Crippen LogP contribution in [0.25, 0.3) is 0 Å². The van der Waals surface area contributed by atoms with E-state index in [2.05, 4.69) is 66.8 Å². The van der Waals surface area contributed by atoms with Crippen LogP contribution in [0, 0.1) is 0 Å². The van der Waals surface area contributed by atoms with Gasteiger partial charge in [-0.05, 0) is 43.1 Å². The van der Waals surface area contributed by atoms with Crippen molar-refractivity contribution in [1.82, 2.24) is 5.32 Å². The second kappa shape index (κ2) is 8.48. The zero-order valence-corrected chi connectivity index (χ0v) is 13.0. The zero-order valence-electron chi connectivity index (χ0n) is 13.0. The van der Waals surface area contributed by atoms with Crippen molar-refractivity contribution in [3.8, 4) is 5.75 Å². The van der Waals surface area contributed by atoms with Gasteiger partial charge in [0.15, 0.2) is 0 Å². The van der Waals surface area contributed by atoms with Crippen molar-refractivity contribution in [3.63, 3.8) is 0 Å². The fourth-order valence-corrected chi connectivity index (χ4v) is 2.37. The first kappa shape index (κ1) is 15.6. The standard InChI is InChI=1S/C19H25NO/c1-3-4-14-21-18-12-10-17(11-13-18)19(20-2)15-16-8-6-5-7-9-16/h5-13,19-20H,3-4,14-15H2,1-2H3. The summed E-state index contributed by atoms with van der Waals surface area (Å²) in [5.74, 6) is 0.960. The molecule has 0 bridgehead atoms. The number of likely N-dealkylation sites (N-methyl/N-ethyl adjacent to an activating group) is 1. The van der Waals surface area contributed by atoms with E-state index in [-0.39, 0.29) is 0 Å². The summed E-state index contributed by atoms with van der Waals surface area (Å²) < 4.78 is 5.71. The summed E-state index contributed by atoms with van der Waals surface area (Å²) >= 11 is 0. The Labute approximate surface area is 128 Å². The van der Waals surface area contributed by atoms with Crippen molar-refractivity contribution in [2.75, 3.05) is 13.7 Å². The lowest BCUT2D eigenvalue weighted by atomic mass is 9.99. The topological polar surface area (TPSA) is 21.3 Å². The van der Waals surface area contributed by atoms with Gasteiger partial charge in [0.2, 0.25) is 0 Å². The largest absolute Gasteiger partial charge is 0.494 e. The maximum atomic E-state index is 5.71. The lowest BCUT2D eigenvalue weighted by Gasteiger charge is -2.17. The van der Waals surface area contributed by atoms with Crippen molar-refractivity contribution in [1.29, 1.82) is 0 Å². The molecule has 0 fully saturated rings. The Morgan fingerprint density at radius 3 is 2.33 bits per heavy atom. The number of unbranched alkanes of at least 4 members (excludes halogenated alkanes) is 1. The van der Waals surface area contributed by atoms with Gasteiger partial charge in [0.1, 0.15) is 5.75 Å². The van der Waals surface area contributed by atoms with Gasteiger partial charge in [0, 0.05) is 6.04 Å². The van der Waals surface area contributed by atoms with Gasteiger partial charge in [0.25, 0.3) is 0 Å². The van der Waals surface area contributed by atoms with E-state index >= 15 is 0 Å². The van der Waals surface area contributed by atoms with Gasteiger partial charge in [-0.2, -0.15) is 0 Å². The van der Waals surface area contributed by atoms with Crippen molar-refractivity contribution >= 4 is 0 Å². The lowest BCUT2D eigenvalue weighted by Crippen LogP contribution is -2.18. The highest BCUT2D eigenvalue weighted by molar-refractivity contribution is 5.30. The first-order chi connectivity index (χ1) is 10.3. The highest BCUT2D eigenvalue weighted by Crippen LogP contribution is 2.21. The molecular weight excluding hydrogens is 258 g/mol. The molecule has 1 unspecified atom stereocenters. The number of ether oxygens (including phenoxy) is 1. The molecule has 1 N–H and O–H groups in total. The zero-order chi connectivity index (χ0) is 14.9. The molecule has 0 saturated carbocycles. The first-order valence-electron chi connectivity index (χ1n) is 7.77. The summed E-state index contributed by atoms with van der Waals surface area (Å²) in [5, 5.41) is 3.40. The number of rotatable bonds is 8. The Hall–Kier alpha value is -1.80. The molecule has 0 saturated heterocycles. The van der Waals surface area contributed by atoms with E-state index in [4.69, 9.17) is 4.74 Å². The van der Waals surface area contributed by atoms with Crippen LogP contribution in [0.2, 0.25) is 0 Å². The second-order valence-corrected chi connectivity index (χ2v) is 5.30. The van der Waals surface area contributed by atoms with Gasteiger partial charge < -0.3 is 10.1 Å². The molecule has 0 heterocycles. The summed E-state index contributed by atoms with van der Waals surface area (Å²) in [4.78, 5) is 0. The summed E-state index contributed by atoms with van der Waals surface area (Å²) in [6.07, 6.45) is 3.26. The van der Waals surface area contributed by atoms with Gasteiger partial charge in [-0.25, -0.2) is 0 Å². The Bertz CT molecular complexity index is 507. The highest BCUT2D eigenvalue weighted by Gasteiger charge is 2.10. The fraction of sp³-hybridized carbons (Fsp3) is 0.368. The molecule has 21 heavy (non-hydrogen) atoms. The van der Waals surface area contributed by atoms with Crippen molar-refractivity contribution < 1.29 is 4.74 Å². The summed E-state index contributed by atoms with van der Waals surface area (Å²) in [7, 11) is 2.01. The average molecular weight is 283 g/mol. The van der Waals surface area contributed by atoms with E-state index < -0.39 is 0 Å². The molecule has 0 spiro atoms. The molecule has 2 aromatic rings. The minimum Gasteiger partial charge on any atom is -0.494 e. The Balaban J connectivity index is 1.98. The Morgan fingerprint density at radius 1 is 1.00 bits per heavy atom. The van der Waals surface area contributed by atoms with Gasteiger partial charge in [0.05, 0.1) is 6.61 Å². The van der Waals surface area contributed by atoms with Crippen LogP contribution in [0.1, 0.15) is 36.9 Å². The van der Waals surface area contributed by atoms with Gasteiger partial charge in [-0.15, -0.1) is 0 Å².